The van der Waals surface area contributed by atoms with Crippen LogP contribution in [-0.2, 0) is 6.54 Å². The molecule has 0 atom stereocenters. The fourth-order valence-electron chi connectivity index (χ4n) is 2.75. The lowest BCUT2D eigenvalue weighted by Gasteiger charge is -2.32. The number of amides is 1. The second-order valence-corrected chi connectivity index (χ2v) is 6.08. The molecule has 1 aromatic carbocycles. The summed E-state index contributed by atoms with van der Waals surface area (Å²) in [7, 11) is 0. The van der Waals surface area contributed by atoms with Gasteiger partial charge in [0, 0.05) is 25.7 Å². The van der Waals surface area contributed by atoms with Crippen LogP contribution in [-0.4, -0.2) is 29.9 Å². The molecule has 0 spiro atoms. The van der Waals surface area contributed by atoms with Crippen molar-refractivity contribution >= 4 is 17.5 Å². The van der Waals surface area contributed by atoms with Crippen molar-refractivity contribution in [3.05, 3.63) is 58.8 Å². The van der Waals surface area contributed by atoms with Gasteiger partial charge >= 0.3 is 0 Å². The van der Waals surface area contributed by atoms with Crippen LogP contribution in [0.5, 0.6) is 0 Å². The number of furan rings is 1. The van der Waals surface area contributed by atoms with Crippen molar-refractivity contribution in [3.63, 3.8) is 0 Å². The van der Waals surface area contributed by atoms with E-state index < -0.39 is 5.82 Å². The molecule has 23 heavy (non-hydrogen) atoms. The van der Waals surface area contributed by atoms with Gasteiger partial charge in [-0.3, -0.25) is 4.79 Å². The Kier molecular flexibility index (Phi) is 4.98. The van der Waals surface area contributed by atoms with Crippen LogP contribution in [0.15, 0.2) is 41.0 Å². The molecule has 0 radical (unpaired) electrons. The summed E-state index contributed by atoms with van der Waals surface area (Å²) >= 11 is 5.68. The standard InChI is InChI=1S/C17H18ClFN2O2/c18-14-4-3-12(10-15(14)19)11-20-13-5-7-21(8-6-13)17(22)16-2-1-9-23-16/h1-4,9-10,13,20H,5-8,11H2. The van der Waals surface area contributed by atoms with Crippen molar-refractivity contribution in [1.29, 1.82) is 0 Å². The molecule has 0 unspecified atom stereocenters. The Hall–Kier alpha value is -1.85. The normalized spacial score (nSPS) is 15.8. The lowest BCUT2D eigenvalue weighted by molar-refractivity contribution is 0.0672. The van der Waals surface area contributed by atoms with E-state index in [0.717, 1.165) is 18.4 Å². The van der Waals surface area contributed by atoms with Crippen LogP contribution in [0.1, 0.15) is 29.0 Å². The number of halogens is 2. The minimum atomic E-state index is -0.398. The lowest BCUT2D eigenvalue weighted by Crippen LogP contribution is -2.44. The molecule has 1 N–H and O–H groups in total. The zero-order chi connectivity index (χ0) is 16.2. The van der Waals surface area contributed by atoms with Gasteiger partial charge in [0.25, 0.3) is 5.91 Å². The largest absolute Gasteiger partial charge is 0.459 e. The molecule has 2 heterocycles. The summed E-state index contributed by atoms with van der Waals surface area (Å²) in [6.07, 6.45) is 3.23. The van der Waals surface area contributed by atoms with Gasteiger partial charge in [0.2, 0.25) is 0 Å². The van der Waals surface area contributed by atoms with Crippen molar-refractivity contribution < 1.29 is 13.6 Å². The van der Waals surface area contributed by atoms with E-state index in [2.05, 4.69) is 5.32 Å². The summed E-state index contributed by atoms with van der Waals surface area (Å²) in [5.74, 6) is -0.0777. The van der Waals surface area contributed by atoms with Gasteiger partial charge in [-0.2, -0.15) is 0 Å². The molecule has 122 valence electrons. The minimum Gasteiger partial charge on any atom is -0.459 e. The molecule has 1 aliphatic heterocycles. The number of carbonyl (C=O) groups excluding carboxylic acids is 1. The highest BCUT2D eigenvalue weighted by Gasteiger charge is 2.24. The predicted molar refractivity (Wildman–Crippen MR) is 85.9 cm³/mol. The molecule has 0 saturated carbocycles. The molecule has 4 nitrogen and oxygen atoms in total. The van der Waals surface area contributed by atoms with Crippen molar-refractivity contribution in [3.8, 4) is 0 Å². The summed E-state index contributed by atoms with van der Waals surface area (Å²) in [5, 5.41) is 3.55. The molecule has 1 aliphatic rings. The van der Waals surface area contributed by atoms with E-state index in [1.165, 1.54) is 12.3 Å². The summed E-state index contributed by atoms with van der Waals surface area (Å²) in [6.45, 7) is 1.96. The Morgan fingerprint density at radius 2 is 2.13 bits per heavy atom. The highest BCUT2D eigenvalue weighted by molar-refractivity contribution is 6.30. The van der Waals surface area contributed by atoms with Crippen molar-refractivity contribution in [1.82, 2.24) is 10.2 Å². The summed E-state index contributed by atoms with van der Waals surface area (Å²) in [4.78, 5) is 14.0. The van der Waals surface area contributed by atoms with Gasteiger partial charge in [0.05, 0.1) is 11.3 Å². The maximum atomic E-state index is 13.4. The van der Waals surface area contributed by atoms with Crippen molar-refractivity contribution in [2.45, 2.75) is 25.4 Å². The lowest BCUT2D eigenvalue weighted by atomic mass is 10.0. The van der Waals surface area contributed by atoms with Gasteiger partial charge in [-0.05, 0) is 42.7 Å². The highest BCUT2D eigenvalue weighted by Crippen LogP contribution is 2.17. The molecule has 6 heteroatoms. The third-order valence-electron chi connectivity index (χ3n) is 4.09. The van der Waals surface area contributed by atoms with Crippen LogP contribution in [0.2, 0.25) is 5.02 Å². The first-order valence-electron chi connectivity index (χ1n) is 7.63. The van der Waals surface area contributed by atoms with E-state index in [1.807, 2.05) is 6.07 Å². The first-order chi connectivity index (χ1) is 11.1. The van der Waals surface area contributed by atoms with Gasteiger partial charge in [-0.25, -0.2) is 4.39 Å². The molecular weight excluding hydrogens is 319 g/mol. The van der Waals surface area contributed by atoms with E-state index >= 15 is 0 Å². The average Bonchev–Trinajstić information content (AvgIpc) is 3.10. The number of piperidine rings is 1. The van der Waals surface area contributed by atoms with E-state index in [4.69, 9.17) is 16.0 Å². The molecule has 1 saturated heterocycles. The molecule has 2 aromatic rings. The Morgan fingerprint density at radius 1 is 1.35 bits per heavy atom. The van der Waals surface area contributed by atoms with Crippen molar-refractivity contribution in [2.75, 3.05) is 13.1 Å². The molecule has 1 amide bonds. The quantitative estimate of drug-likeness (QED) is 0.930. The highest BCUT2D eigenvalue weighted by atomic mass is 35.5. The number of hydrogen-bond donors (Lipinski definition) is 1. The number of benzene rings is 1. The van der Waals surface area contributed by atoms with Gasteiger partial charge in [-0.15, -0.1) is 0 Å². The summed E-state index contributed by atoms with van der Waals surface area (Å²) in [5.41, 5.74) is 0.862. The van der Waals surface area contributed by atoms with Crippen LogP contribution in [0.4, 0.5) is 4.39 Å². The molecule has 1 fully saturated rings. The third kappa shape index (κ3) is 3.92. The van der Waals surface area contributed by atoms with Crippen LogP contribution >= 0.6 is 11.6 Å². The number of rotatable bonds is 4. The first-order valence-corrected chi connectivity index (χ1v) is 8.01. The Labute approximate surface area is 139 Å². The van der Waals surface area contributed by atoms with Gasteiger partial charge < -0.3 is 14.6 Å². The predicted octanol–water partition coefficient (Wildman–Crippen LogP) is 3.47. The minimum absolute atomic E-state index is 0.0618. The Bertz CT molecular complexity index is 667. The van der Waals surface area contributed by atoms with Gasteiger partial charge in [0.15, 0.2) is 5.76 Å². The fourth-order valence-corrected chi connectivity index (χ4v) is 2.87. The van der Waals surface area contributed by atoms with Crippen LogP contribution < -0.4 is 5.32 Å². The van der Waals surface area contributed by atoms with Crippen LogP contribution in [0, 0.1) is 5.82 Å². The zero-order valence-electron chi connectivity index (χ0n) is 12.6. The van der Waals surface area contributed by atoms with Gasteiger partial charge in [-0.1, -0.05) is 17.7 Å². The monoisotopic (exact) mass is 336 g/mol. The van der Waals surface area contributed by atoms with Crippen LogP contribution in [0.25, 0.3) is 0 Å². The molecule has 3 rings (SSSR count). The average molecular weight is 337 g/mol. The number of nitrogens with one attached hydrogen (secondary N) is 1. The molecule has 0 bridgehead atoms. The maximum Gasteiger partial charge on any atom is 0.289 e. The second kappa shape index (κ2) is 7.15. The Balaban J connectivity index is 1.47. The van der Waals surface area contributed by atoms with E-state index in [9.17, 15) is 9.18 Å². The number of hydrogen-bond acceptors (Lipinski definition) is 3. The van der Waals surface area contributed by atoms with Crippen molar-refractivity contribution in [2.24, 2.45) is 0 Å². The number of likely N-dealkylation sites (tertiary alicyclic amines) is 1. The zero-order valence-corrected chi connectivity index (χ0v) is 13.4. The SMILES string of the molecule is O=C(c1ccco1)N1CCC(NCc2ccc(Cl)c(F)c2)CC1. The number of nitrogens with zero attached hydrogens (tertiary/aromatic N) is 1. The summed E-state index contributed by atoms with van der Waals surface area (Å²) < 4.78 is 18.6. The second-order valence-electron chi connectivity index (χ2n) is 5.67. The van der Waals surface area contributed by atoms with Gasteiger partial charge in [0.1, 0.15) is 5.82 Å². The number of carbonyl (C=O) groups is 1. The molecule has 0 aliphatic carbocycles. The topological polar surface area (TPSA) is 45.5 Å². The van der Waals surface area contributed by atoms with E-state index in [1.54, 1.807) is 23.1 Å². The first kappa shape index (κ1) is 16.0. The molecule has 1 aromatic heterocycles. The Morgan fingerprint density at radius 3 is 2.78 bits per heavy atom. The third-order valence-corrected chi connectivity index (χ3v) is 4.40. The van der Waals surface area contributed by atoms with E-state index in [-0.39, 0.29) is 10.9 Å². The fraction of sp³-hybridized carbons (Fsp3) is 0.353. The smallest absolute Gasteiger partial charge is 0.289 e. The van der Waals surface area contributed by atoms with E-state index in [0.29, 0.717) is 31.4 Å². The summed E-state index contributed by atoms with van der Waals surface area (Å²) in [6, 6.07) is 8.54. The van der Waals surface area contributed by atoms with Crippen LogP contribution in [0.3, 0.4) is 0 Å². The molecular formula is C17H18ClFN2O2. The maximum absolute atomic E-state index is 13.4.